The molecule has 1 N–H and O–H groups in total. The van der Waals surface area contributed by atoms with E-state index in [1.165, 1.54) is 0 Å². The summed E-state index contributed by atoms with van der Waals surface area (Å²) in [5, 5.41) is 2.93. The number of hydrogen-bond acceptors (Lipinski definition) is 2. The molecular weight excluding hydrogens is 214 g/mol. The fourth-order valence-corrected chi connectivity index (χ4v) is 1.34. The molecule has 0 atom stereocenters. The average molecular weight is 235 g/mol. The van der Waals surface area contributed by atoms with Gasteiger partial charge in [-0.05, 0) is 25.8 Å². The number of carbonyl (C=O) groups excluding carboxylic acids is 1. The molecule has 0 fully saturated rings. The van der Waals surface area contributed by atoms with Gasteiger partial charge in [-0.3, -0.25) is 4.79 Å². The Morgan fingerprint density at radius 1 is 1.29 bits per heavy atom. The Morgan fingerprint density at radius 3 is 2.53 bits per heavy atom. The van der Waals surface area contributed by atoms with Gasteiger partial charge in [0.15, 0.2) is 0 Å². The third-order valence-corrected chi connectivity index (χ3v) is 2.71. The van der Waals surface area contributed by atoms with Crippen LogP contribution in [0.25, 0.3) is 0 Å². The summed E-state index contributed by atoms with van der Waals surface area (Å²) in [7, 11) is 0. The molecule has 1 aromatic carbocycles. The molecule has 0 aromatic heterocycles. The van der Waals surface area contributed by atoms with E-state index in [-0.39, 0.29) is 18.1 Å². The predicted octanol–water partition coefficient (Wildman–Crippen LogP) is 2.51. The summed E-state index contributed by atoms with van der Waals surface area (Å²) in [5.41, 5.74) is 0.919. The van der Waals surface area contributed by atoms with Crippen molar-refractivity contribution in [2.24, 2.45) is 0 Å². The maximum absolute atomic E-state index is 11.6. The fraction of sp³-hybridized carbons (Fsp3) is 0.500. The Bertz CT molecular complexity index is 346. The fourth-order valence-electron chi connectivity index (χ4n) is 1.34. The Kier molecular flexibility index (Phi) is 5.16. The van der Waals surface area contributed by atoms with E-state index in [1.807, 2.05) is 51.1 Å². The summed E-state index contributed by atoms with van der Waals surface area (Å²) in [6.07, 6.45) is 0.900. The molecule has 0 radical (unpaired) electrons. The van der Waals surface area contributed by atoms with Crippen LogP contribution in [-0.2, 0) is 16.1 Å². The van der Waals surface area contributed by atoms with Crippen LogP contribution in [0.15, 0.2) is 30.3 Å². The summed E-state index contributed by atoms with van der Waals surface area (Å²) in [6, 6.07) is 9.83. The first-order valence-corrected chi connectivity index (χ1v) is 5.96. The first-order chi connectivity index (χ1) is 8.03. The molecule has 0 heterocycles. The van der Waals surface area contributed by atoms with E-state index >= 15 is 0 Å². The number of rotatable bonds is 6. The first-order valence-electron chi connectivity index (χ1n) is 5.96. The van der Waals surface area contributed by atoms with Crippen LogP contribution in [0.2, 0.25) is 0 Å². The van der Waals surface area contributed by atoms with Crippen molar-refractivity contribution in [2.75, 3.05) is 6.61 Å². The largest absolute Gasteiger partial charge is 0.367 e. The highest BCUT2D eigenvalue weighted by Crippen LogP contribution is 2.06. The van der Waals surface area contributed by atoms with Crippen molar-refractivity contribution in [2.45, 2.75) is 39.3 Å². The Balaban J connectivity index is 2.25. The smallest absolute Gasteiger partial charge is 0.246 e. The Morgan fingerprint density at radius 2 is 1.94 bits per heavy atom. The zero-order valence-corrected chi connectivity index (χ0v) is 10.8. The van der Waals surface area contributed by atoms with Crippen LogP contribution in [0.5, 0.6) is 0 Å². The van der Waals surface area contributed by atoms with E-state index in [1.54, 1.807) is 0 Å². The summed E-state index contributed by atoms with van der Waals surface area (Å²) in [6.45, 7) is 6.63. The molecule has 0 aliphatic heterocycles. The molecule has 3 nitrogen and oxygen atoms in total. The maximum Gasteiger partial charge on any atom is 0.246 e. The summed E-state index contributed by atoms with van der Waals surface area (Å²) in [5.74, 6) is -0.0622. The molecular formula is C14H21NO2. The molecule has 0 aliphatic carbocycles. The Labute approximate surface area is 103 Å². The van der Waals surface area contributed by atoms with Gasteiger partial charge in [-0.25, -0.2) is 0 Å². The lowest BCUT2D eigenvalue weighted by atomic mass is 10.0. The summed E-state index contributed by atoms with van der Waals surface area (Å²) < 4.78 is 5.36. The van der Waals surface area contributed by atoms with E-state index in [0.717, 1.165) is 12.0 Å². The van der Waals surface area contributed by atoms with Gasteiger partial charge in [0.05, 0.1) is 6.61 Å². The van der Waals surface area contributed by atoms with Crippen LogP contribution in [0.3, 0.4) is 0 Å². The second-order valence-electron chi connectivity index (χ2n) is 4.76. The molecule has 0 bridgehead atoms. The molecule has 0 saturated carbocycles. The topological polar surface area (TPSA) is 38.3 Å². The normalized spacial score (nSPS) is 11.2. The van der Waals surface area contributed by atoms with Crippen molar-refractivity contribution in [3.05, 3.63) is 35.9 Å². The lowest BCUT2D eigenvalue weighted by Gasteiger charge is -2.24. The number of amides is 1. The summed E-state index contributed by atoms with van der Waals surface area (Å²) in [4.78, 5) is 11.6. The van der Waals surface area contributed by atoms with Crippen molar-refractivity contribution in [3.63, 3.8) is 0 Å². The van der Waals surface area contributed by atoms with Gasteiger partial charge < -0.3 is 10.1 Å². The molecule has 0 saturated heterocycles. The summed E-state index contributed by atoms with van der Waals surface area (Å²) >= 11 is 0. The van der Waals surface area contributed by atoms with Crippen LogP contribution >= 0.6 is 0 Å². The molecule has 1 aromatic rings. The molecule has 1 rings (SSSR count). The van der Waals surface area contributed by atoms with Crippen LogP contribution in [0.4, 0.5) is 0 Å². The molecule has 1 amide bonds. The van der Waals surface area contributed by atoms with Crippen molar-refractivity contribution in [1.82, 2.24) is 5.32 Å². The molecule has 94 valence electrons. The highest BCUT2D eigenvalue weighted by molar-refractivity contribution is 5.77. The zero-order chi connectivity index (χ0) is 12.7. The average Bonchev–Trinajstić information content (AvgIpc) is 2.30. The number of carbonyl (C=O) groups is 1. The lowest BCUT2D eigenvalue weighted by Crippen LogP contribution is -2.44. The van der Waals surface area contributed by atoms with Gasteiger partial charge in [0.2, 0.25) is 5.91 Å². The third kappa shape index (κ3) is 5.50. The van der Waals surface area contributed by atoms with Gasteiger partial charge >= 0.3 is 0 Å². The van der Waals surface area contributed by atoms with Crippen LogP contribution < -0.4 is 5.32 Å². The van der Waals surface area contributed by atoms with Gasteiger partial charge in [0.1, 0.15) is 6.61 Å². The third-order valence-electron chi connectivity index (χ3n) is 2.71. The highest BCUT2D eigenvalue weighted by Gasteiger charge is 2.17. The number of hydrogen-bond donors (Lipinski definition) is 1. The molecule has 17 heavy (non-hydrogen) atoms. The minimum absolute atomic E-state index is 0.0622. The zero-order valence-electron chi connectivity index (χ0n) is 10.8. The van der Waals surface area contributed by atoms with Gasteiger partial charge in [-0.1, -0.05) is 37.3 Å². The van der Waals surface area contributed by atoms with Gasteiger partial charge in [0.25, 0.3) is 0 Å². The molecule has 0 spiro atoms. The maximum atomic E-state index is 11.6. The van der Waals surface area contributed by atoms with Crippen molar-refractivity contribution in [3.8, 4) is 0 Å². The minimum Gasteiger partial charge on any atom is -0.367 e. The van der Waals surface area contributed by atoms with Crippen LogP contribution in [-0.4, -0.2) is 18.1 Å². The number of ether oxygens (including phenoxy) is 1. The van der Waals surface area contributed by atoms with Gasteiger partial charge in [0, 0.05) is 5.54 Å². The predicted molar refractivity (Wildman–Crippen MR) is 68.6 cm³/mol. The van der Waals surface area contributed by atoms with Crippen LogP contribution in [0, 0.1) is 0 Å². The molecule has 0 aliphatic rings. The van der Waals surface area contributed by atoms with Crippen molar-refractivity contribution >= 4 is 5.91 Å². The standard InChI is InChI=1S/C14H21NO2/c1-4-14(2,3)15-13(16)11-17-10-12-8-6-5-7-9-12/h5-9H,4,10-11H2,1-3H3,(H,15,16). The van der Waals surface area contributed by atoms with E-state index in [0.29, 0.717) is 6.61 Å². The monoisotopic (exact) mass is 235 g/mol. The second-order valence-corrected chi connectivity index (χ2v) is 4.76. The highest BCUT2D eigenvalue weighted by atomic mass is 16.5. The van der Waals surface area contributed by atoms with E-state index in [9.17, 15) is 4.79 Å². The number of nitrogens with one attached hydrogen (secondary N) is 1. The minimum atomic E-state index is -0.160. The Hall–Kier alpha value is -1.35. The molecule has 3 heteroatoms. The molecule has 0 unspecified atom stereocenters. The lowest BCUT2D eigenvalue weighted by molar-refractivity contribution is -0.127. The second kappa shape index (κ2) is 6.40. The van der Waals surface area contributed by atoms with E-state index in [4.69, 9.17) is 4.74 Å². The SMILES string of the molecule is CCC(C)(C)NC(=O)COCc1ccccc1. The van der Waals surface area contributed by atoms with Gasteiger partial charge in [-0.15, -0.1) is 0 Å². The van der Waals surface area contributed by atoms with E-state index in [2.05, 4.69) is 5.32 Å². The van der Waals surface area contributed by atoms with Gasteiger partial charge in [-0.2, -0.15) is 0 Å². The number of benzene rings is 1. The van der Waals surface area contributed by atoms with Crippen molar-refractivity contribution < 1.29 is 9.53 Å². The quantitative estimate of drug-likeness (QED) is 0.822. The van der Waals surface area contributed by atoms with E-state index < -0.39 is 0 Å². The van der Waals surface area contributed by atoms with Crippen molar-refractivity contribution in [1.29, 1.82) is 0 Å². The van der Waals surface area contributed by atoms with Crippen LogP contribution in [0.1, 0.15) is 32.8 Å². The first kappa shape index (κ1) is 13.7.